The Morgan fingerprint density at radius 3 is 2.78 bits per heavy atom. The summed E-state index contributed by atoms with van der Waals surface area (Å²) in [5.74, 6) is -0.135. The average Bonchev–Trinajstić information content (AvgIpc) is 2.35. The zero-order valence-electron chi connectivity index (χ0n) is 9.79. The predicted octanol–water partition coefficient (Wildman–Crippen LogP) is 3.68. The third kappa shape index (κ3) is 3.22. The highest BCUT2D eigenvalue weighted by atomic mass is 35.5. The van der Waals surface area contributed by atoms with Crippen molar-refractivity contribution >= 4 is 45.8 Å². The largest absolute Gasteiger partial charge is 0.504 e. The first-order valence-corrected chi connectivity index (χ1v) is 7.00. The second kappa shape index (κ2) is 6.74. The molecule has 0 aliphatic rings. The zero-order valence-corrected chi connectivity index (χ0v) is 12.1. The number of benzene rings is 1. The molecule has 1 aromatic carbocycles. The van der Waals surface area contributed by atoms with E-state index < -0.39 is 0 Å². The summed E-state index contributed by atoms with van der Waals surface area (Å²) in [6.45, 7) is 1.89. The van der Waals surface area contributed by atoms with Crippen molar-refractivity contribution in [2.75, 3.05) is 6.26 Å². The number of thioether (sulfide) groups is 1. The van der Waals surface area contributed by atoms with Crippen molar-refractivity contribution in [3.05, 3.63) is 21.7 Å². The molecule has 0 saturated carbocycles. The van der Waals surface area contributed by atoms with E-state index in [1.165, 1.54) is 17.8 Å². The minimum Gasteiger partial charge on any atom is -0.504 e. The normalized spacial score (nSPS) is 11.2. The van der Waals surface area contributed by atoms with Crippen molar-refractivity contribution < 1.29 is 5.11 Å². The molecule has 0 aromatic heterocycles. The summed E-state index contributed by atoms with van der Waals surface area (Å²) in [6, 6.07) is 1.52. The quantitative estimate of drug-likeness (QED) is 0.378. The van der Waals surface area contributed by atoms with E-state index in [9.17, 15) is 5.11 Å². The molecule has 1 aromatic rings. The number of rotatable bonds is 2. The van der Waals surface area contributed by atoms with Gasteiger partial charge >= 0.3 is 0 Å². The van der Waals surface area contributed by atoms with E-state index >= 15 is 0 Å². The van der Waals surface area contributed by atoms with Crippen molar-refractivity contribution in [3.63, 3.8) is 0 Å². The Morgan fingerprint density at radius 2 is 2.28 bits per heavy atom. The molecule has 18 heavy (non-hydrogen) atoms. The van der Waals surface area contributed by atoms with Gasteiger partial charge in [0.2, 0.25) is 0 Å². The van der Waals surface area contributed by atoms with Crippen molar-refractivity contribution in [2.24, 2.45) is 4.99 Å². The van der Waals surface area contributed by atoms with E-state index in [4.69, 9.17) is 28.5 Å². The van der Waals surface area contributed by atoms with Crippen LogP contribution in [0.1, 0.15) is 12.5 Å². The molecule has 0 saturated heterocycles. The number of halogens is 2. The first-order chi connectivity index (χ1) is 8.54. The van der Waals surface area contributed by atoms with Gasteiger partial charge < -0.3 is 5.11 Å². The molecule has 0 aliphatic heterocycles. The summed E-state index contributed by atoms with van der Waals surface area (Å²) in [5.41, 5.74) is 0.906. The van der Waals surface area contributed by atoms with Gasteiger partial charge in [0.25, 0.3) is 0 Å². The van der Waals surface area contributed by atoms with Crippen molar-refractivity contribution in [3.8, 4) is 11.9 Å². The molecule has 96 valence electrons. The number of nitriles is 1. The minimum absolute atomic E-state index is 0.135. The molecule has 4 nitrogen and oxygen atoms in total. The molecule has 0 bridgehead atoms. The molecule has 0 amide bonds. The van der Waals surface area contributed by atoms with E-state index in [0.717, 1.165) is 0 Å². The van der Waals surface area contributed by atoms with Crippen LogP contribution in [0.5, 0.6) is 5.75 Å². The Hall–Kier alpha value is -1.09. The summed E-state index contributed by atoms with van der Waals surface area (Å²) in [7, 11) is 0. The van der Waals surface area contributed by atoms with Gasteiger partial charge in [0.15, 0.2) is 17.1 Å². The van der Waals surface area contributed by atoms with E-state index in [1.54, 1.807) is 12.4 Å². The van der Waals surface area contributed by atoms with Crippen LogP contribution in [0, 0.1) is 11.5 Å². The fourth-order valence-corrected chi connectivity index (χ4v) is 2.38. The SMILES string of the molecule is CCc1c(Cl)cc(N=C(NC#N)SC)c(O)c1Cl. The van der Waals surface area contributed by atoms with Crippen molar-refractivity contribution in [2.45, 2.75) is 13.3 Å². The molecule has 0 fully saturated rings. The van der Waals surface area contributed by atoms with E-state index in [1.807, 2.05) is 6.92 Å². The first kappa shape index (κ1) is 15.0. The highest BCUT2D eigenvalue weighted by Gasteiger charge is 2.14. The highest BCUT2D eigenvalue weighted by Crippen LogP contribution is 2.41. The topological polar surface area (TPSA) is 68.4 Å². The van der Waals surface area contributed by atoms with Crippen molar-refractivity contribution in [1.82, 2.24) is 5.32 Å². The molecule has 7 heteroatoms. The zero-order chi connectivity index (χ0) is 13.7. The van der Waals surface area contributed by atoms with Gasteiger partial charge in [0, 0.05) is 5.02 Å². The smallest absolute Gasteiger partial charge is 0.183 e. The summed E-state index contributed by atoms with van der Waals surface area (Å²) in [4.78, 5) is 4.09. The lowest BCUT2D eigenvalue weighted by Crippen LogP contribution is -2.12. The van der Waals surface area contributed by atoms with E-state index in [2.05, 4.69) is 10.3 Å². The predicted molar refractivity (Wildman–Crippen MR) is 76.9 cm³/mol. The average molecular weight is 304 g/mol. The maximum Gasteiger partial charge on any atom is 0.183 e. The first-order valence-electron chi connectivity index (χ1n) is 5.02. The summed E-state index contributed by atoms with van der Waals surface area (Å²) < 4.78 is 0. The van der Waals surface area contributed by atoms with Gasteiger partial charge in [-0.3, -0.25) is 5.32 Å². The van der Waals surface area contributed by atoms with E-state index in [-0.39, 0.29) is 16.5 Å². The van der Waals surface area contributed by atoms with Crippen LogP contribution in [0.2, 0.25) is 10.0 Å². The molecule has 0 heterocycles. The Kier molecular flexibility index (Phi) is 5.60. The molecule has 1 rings (SSSR count). The third-order valence-corrected chi connectivity index (χ3v) is 3.52. The maximum absolute atomic E-state index is 9.93. The van der Waals surface area contributed by atoms with Crippen LogP contribution in [0.15, 0.2) is 11.1 Å². The van der Waals surface area contributed by atoms with Gasteiger partial charge in [-0.1, -0.05) is 41.9 Å². The summed E-state index contributed by atoms with van der Waals surface area (Å²) >= 11 is 13.3. The van der Waals surface area contributed by atoms with Gasteiger partial charge in [-0.2, -0.15) is 5.26 Å². The van der Waals surface area contributed by atoms with Gasteiger partial charge in [-0.05, 0) is 24.3 Å². The number of phenolic OH excluding ortho intramolecular Hbond substituents is 1. The fraction of sp³-hybridized carbons (Fsp3) is 0.273. The number of nitrogens with zero attached hydrogens (tertiary/aromatic N) is 2. The van der Waals surface area contributed by atoms with Crippen molar-refractivity contribution in [1.29, 1.82) is 5.26 Å². The van der Waals surface area contributed by atoms with E-state index in [0.29, 0.717) is 22.2 Å². The second-order valence-electron chi connectivity index (χ2n) is 3.23. The minimum atomic E-state index is -0.135. The Balaban J connectivity index is 3.31. The number of phenols is 1. The van der Waals surface area contributed by atoms with Crippen LogP contribution >= 0.6 is 35.0 Å². The second-order valence-corrected chi connectivity index (χ2v) is 4.81. The van der Waals surface area contributed by atoms with Gasteiger partial charge in [-0.15, -0.1) is 0 Å². The maximum atomic E-state index is 9.93. The lowest BCUT2D eigenvalue weighted by molar-refractivity contribution is 0.476. The number of nitrogens with one attached hydrogen (secondary N) is 1. The number of hydrogen-bond donors (Lipinski definition) is 2. The van der Waals surface area contributed by atoms with Crippen LogP contribution in [0.4, 0.5) is 5.69 Å². The molecule has 0 aliphatic carbocycles. The monoisotopic (exact) mass is 303 g/mol. The number of amidine groups is 1. The molecular weight excluding hydrogens is 293 g/mol. The molecule has 0 spiro atoms. The van der Waals surface area contributed by atoms with Crippen LogP contribution < -0.4 is 5.32 Å². The summed E-state index contributed by atoms with van der Waals surface area (Å²) in [6.07, 6.45) is 4.13. The highest BCUT2D eigenvalue weighted by molar-refractivity contribution is 8.13. The molecule has 0 unspecified atom stereocenters. The number of aliphatic imine (C=N–C) groups is 1. The van der Waals surface area contributed by atoms with Gasteiger partial charge in [0.05, 0.1) is 5.02 Å². The van der Waals surface area contributed by atoms with Crippen LogP contribution in [0.3, 0.4) is 0 Å². The Morgan fingerprint density at radius 1 is 1.61 bits per heavy atom. The molecule has 0 radical (unpaired) electrons. The third-order valence-electron chi connectivity index (χ3n) is 2.20. The van der Waals surface area contributed by atoms with Crippen LogP contribution in [0.25, 0.3) is 0 Å². The lowest BCUT2D eigenvalue weighted by Gasteiger charge is -2.09. The standard InChI is InChI=1S/C11H11Cl2N3OS/c1-3-6-7(12)4-8(10(17)9(6)13)16-11(18-2)15-5-14/h4,17H,3H2,1-2H3,(H,15,16). The van der Waals surface area contributed by atoms with Crippen LogP contribution in [-0.4, -0.2) is 16.5 Å². The van der Waals surface area contributed by atoms with Gasteiger partial charge in [-0.25, -0.2) is 4.99 Å². The molecule has 0 atom stereocenters. The van der Waals surface area contributed by atoms with Crippen LogP contribution in [-0.2, 0) is 6.42 Å². The molecule has 2 N–H and O–H groups in total. The lowest BCUT2D eigenvalue weighted by atomic mass is 10.1. The summed E-state index contributed by atoms with van der Waals surface area (Å²) in [5, 5.41) is 21.9. The number of hydrogen-bond acceptors (Lipinski definition) is 4. The molecular formula is C11H11Cl2N3OS. The fourth-order valence-electron chi connectivity index (χ4n) is 1.33. The Bertz CT molecular complexity index is 526. The van der Waals surface area contributed by atoms with Gasteiger partial charge in [0.1, 0.15) is 5.69 Å². The number of aromatic hydroxyl groups is 1. The Labute approximate surface area is 120 Å².